The molecule has 4 heteroatoms. The minimum absolute atomic E-state index is 0.255. The summed E-state index contributed by atoms with van der Waals surface area (Å²) in [4.78, 5) is 4.35. The number of para-hydroxylation sites is 1. The summed E-state index contributed by atoms with van der Waals surface area (Å²) < 4.78 is 33.3. The van der Waals surface area contributed by atoms with Crippen molar-refractivity contribution in [2.75, 3.05) is 14.1 Å². The number of nitrogens with zero attached hydrogens (tertiary/aromatic N) is 2. The van der Waals surface area contributed by atoms with Crippen molar-refractivity contribution in [1.29, 1.82) is 0 Å². The lowest BCUT2D eigenvalue weighted by atomic mass is 10.3. The summed E-state index contributed by atoms with van der Waals surface area (Å²) in [6.07, 6.45) is 0. The summed E-state index contributed by atoms with van der Waals surface area (Å²) in [6, 6.07) is 5.19. The number of aryl methyl sites for hydroxylation is 1. The van der Waals surface area contributed by atoms with Crippen LogP contribution in [0.25, 0.3) is 11.0 Å². The summed E-state index contributed by atoms with van der Waals surface area (Å²) in [5, 5.41) is 0. The lowest BCUT2D eigenvalue weighted by Gasteiger charge is -2.01. The molecule has 1 aromatic heterocycles. The maximum Gasteiger partial charge on any atom is 0.146 e. The fourth-order valence-corrected chi connectivity index (χ4v) is 1.58. The number of hydrogen-bond donors (Lipinski definition) is 0. The molecule has 1 heterocycles. The molecule has 2 aromatic rings. The molecule has 1 aromatic carbocycles. The predicted molar refractivity (Wildman–Crippen MR) is 58.0 cm³/mol. The van der Waals surface area contributed by atoms with Gasteiger partial charge in [0.1, 0.15) is 23.7 Å². The average molecular weight is 209 g/mol. The van der Waals surface area contributed by atoms with Crippen molar-refractivity contribution in [2.45, 2.75) is 6.61 Å². The van der Waals surface area contributed by atoms with Gasteiger partial charge in [-0.1, -0.05) is 6.07 Å². The molecule has 80 valence electrons. The third-order valence-electron chi connectivity index (χ3n) is 2.35. The first-order valence-electron chi connectivity index (χ1n) is 6.04. The quantitative estimate of drug-likeness (QED) is 0.772. The van der Waals surface area contributed by atoms with E-state index >= 15 is 0 Å². The van der Waals surface area contributed by atoms with Crippen molar-refractivity contribution in [2.24, 2.45) is 7.05 Å². The molecule has 0 bridgehead atoms. The van der Waals surface area contributed by atoms with E-state index in [-0.39, 0.29) is 5.75 Å². The number of fused-ring (bicyclic) bond motifs is 1. The maximum atomic E-state index is 7.14. The Morgan fingerprint density at radius 2 is 2.40 bits per heavy atom. The first kappa shape index (κ1) is 6.85. The zero-order valence-corrected chi connectivity index (χ0v) is 8.65. The van der Waals surface area contributed by atoms with Crippen molar-refractivity contribution < 1.29 is 13.6 Å². The summed E-state index contributed by atoms with van der Waals surface area (Å²) in [6.45, 7) is 0.360. The van der Waals surface area contributed by atoms with Gasteiger partial charge in [-0.25, -0.2) is 4.98 Å². The lowest BCUT2D eigenvalue weighted by molar-refractivity contribution is 0.176. The van der Waals surface area contributed by atoms with Crippen molar-refractivity contribution in [3.63, 3.8) is 0 Å². The van der Waals surface area contributed by atoms with Gasteiger partial charge in [0.25, 0.3) is 0 Å². The van der Waals surface area contributed by atoms with Crippen LogP contribution in [0.3, 0.4) is 0 Å². The molecule has 0 aliphatic rings. The molecule has 0 spiro atoms. The van der Waals surface area contributed by atoms with Gasteiger partial charge >= 0.3 is 0 Å². The molecule has 0 amide bonds. The predicted octanol–water partition coefficient (Wildman–Crippen LogP) is 1.73. The van der Waals surface area contributed by atoms with E-state index in [9.17, 15) is 0 Å². The van der Waals surface area contributed by atoms with Crippen LogP contribution in [0.2, 0.25) is 0 Å². The molecule has 0 fully saturated rings. The van der Waals surface area contributed by atoms with Crippen LogP contribution >= 0.6 is 0 Å². The van der Waals surface area contributed by atoms with Gasteiger partial charge in [0.05, 0.1) is 16.7 Å². The fourth-order valence-electron chi connectivity index (χ4n) is 1.58. The molecule has 0 radical (unpaired) electrons. The Hall–Kier alpha value is -1.55. The molecule has 0 N–H and O–H groups in total. The SMILES string of the molecule is [2H]C([2H])([2H])Oc1cccc2c1nc(COC)n2C. The topological polar surface area (TPSA) is 36.3 Å². The highest BCUT2D eigenvalue weighted by Gasteiger charge is 2.10. The second-order valence-corrected chi connectivity index (χ2v) is 3.25. The smallest absolute Gasteiger partial charge is 0.146 e. The minimum Gasteiger partial charge on any atom is -0.494 e. The maximum absolute atomic E-state index is 7.14. The highest BCUT2D eigenvalue weighted by atomic mass is 16.5. The van der Waals surface area contributed by atoms with Gasteiger partial charge in [-0.3, -0.25) is 0 Å². The summed E-state index contributed by atoms with van der Waals surface area (Å²) in [7, 11) is 0.954. The van der Waals surface area contributed by atoms with E-state index in [0.29, 0.717) is 17.9 Å². The summed E-state index contributed by atoms with van der Waals surface area (Å²) in [5.41, 5.74) is 1.34. The summed E-state index contributed by atoms with van der Waals surface area (Å²) >= 11 is 0. The van der Waals surface area contributed by atoms with Gasteiger partial charge < -0.3 is 14.0 Å². The number of benzene rings is 1. The molecule has 0 aliphatic carbocycles. The number of ether oxygens (including phenoxy) is 2. The molecule has 2 rings (SSSR count). The van der Waals surface area contributed by atoms with E-state index in [0.717, 1.165) is 5.52 Å². The normalized spacial score (nSPS) is 14.7. The van der Waals surface area contributed by atoms with Crippen LogP contribution in [0, 0.1) is 0 Å². The summed E-state index contributed by atoms with van der Waals surface area (Å²) in [5.74, 6) is 0.972. The second-order valence-electron chi connectivity index (χ2n) is 3.25. The monoisotopic (exact) mass is 209 g/mol. The van der Waals surface area contributed by atoms with Crippen LogP contribution in [-0.2, 0) is 18.4 Å². The van der Waals surface area contributed by atoms with E-state index in [2.05, 4.69) is 4.98 Å². The van der Waals surface area contributed by atoms with E-state index < -0.39 is 7.04 Å². The van der Waals surface area contributed by atoms with Gasteiger partial charge in [0.2, 0.25) is 0 Å². The average Bonchev–Trinajstić information content (AvgIpc) is 2.57. The number of hydrogen-bond acceptors (Lipinski definition) is 3. The van der Waals surface area contributed by atoms with Crippen molar-refractivity contribution in [1.82, 2.24) is 9.55 Å². The van der Waals surface area contributed by atoms with Crippen LogP contribution in [0.5, 0.6) is 5.75 Å². The van der Waals surface area contributed by atoms with Gasteiger partial charge in [0.15, 0.2) is 0 Å². The number of imidazole rings is 1. The van der Waals surface area contributed by atoms with Crippen LogP contribution < -0.4 is 4.74 Å². The minimum atomic E-state index is -2.48. The zero-order valence-electron chi connectivity index (χ0n) is 11.7. The van der Waals surface area contributed by atoms with Crippen molar-refractivity contribution >= 4 is 11.0 Å². The Labute approximate surface area is 92.7 Å². The van der Waals surface area contributed by atoms with Crippen molar-refractivity contribution in [3.8, 4) is 5.75 Å². The van der Waals surface area contributed by atoms with Gasteiger partial charge in [-0.05, 0) is 12.1 Å². The van der Waals surface area contributed by atoms with E-state index in [4.69, 9.17) is 13.6 Å². The molecule has 0 saturated carbocycles. The number of methoxy groups -OCH3 is 2. The molecular weight excluding hydrogens is 192 g/mol. The lowest BCUT2D eigenvalue weighted by Crippen LogP contribution is -1.98. The zero-order chi connectivity index (χ0) is 13.3. The van der Waals surface area contributed by atoms with E-state index in [1.807, 2.05) is 17.7 Å². The third kappa shape index (κ3) is 1.57. The highest BCUT2D eigenvalue weighted by molar-refractivity contribution is 5.82. The molecule has 15 heavy (non-hydrogen) atoms. The van der Waals surface area contributed by atoms with Crippen molar-refractivity contribution in [3.05, 3.63) is 24.0 Å². The molecule has 0 saturated heterocycles. The third-order valence-corrected chi connectivity index (χ3v) is 2.35. The first-order valence-corrected chi connectivity index (χ1v) is 4.54. The molecule has 4 nitrogen and oxygen atoms in total. The standard InChI is InChI=1S/C11H14N2O2/c1-13-8-5-4-6-9(15-3)11(8)12-10(13)7-14-2/h4-6H,7H2,1-3H3/i3D3. The Bertz CT molecular complexity index is 563. The molecular formula is C11H14N2O2. The Morgan fingerprint density at radius 1 is 1.53 bits per heavy atom. The number of aromatic nitrogens is 2. The van der Waals surface area contributed by atoms with E-state index in [1.165, 1.54) is 0 Å². The Morgan fingerprint density at radius 3 is 3.13 bits per heavy atom. The second kappa shape index (κ2) is 3.90. The Balaban J connectivity index is 2.52. The van der Waals surface area contributed by atoms with Crippen LogP contribution in [0.4, 0.5) is 0 Å². The fraction of sp³-hybridized carbons (Fsp3) is 0.364. The molecule has 0 atom stereocenters. The highest BCUT2D eigenvalue weighted by Crippen LogP contribution is 2.24. The van der Waals surface area contributed by atoms with E-state index in [1.54, 1.807) is 19.2 Å². The van der Waals surface area contributed by atoms with Crippen LogP contribution in [0.1, 0.15) is 9.94 Å². The van der Waals surface area contributed by atoms with Crippen LogP contribution in [-0.4, -0.2) is 23.7 Å². The van der Waals surface area contributed by atoms with Gasteiger partial charge in [-0.2, -0.15) is 0 Å². The largest absolute Gasteiger partial charge is 0.494 e. The first-order chi connectivity index (χ1) is 8.42. The Kier molecular flexibility index (Phi) is 1.78. The molecule has 0 unspecified atom stereocenters. The van der Waals surface area contributed by atoms with Crippen LogP contribution in [0.15, 0.2) is 18.2 Å². The van der Waals surface area contributed by atoms with Gasteiger partial charge in [0, 0.05) is 14.2 Å². The van der Waals surface area contributed by atoms with Gasteiger partial charge in [-0.15, -0.1) is 0 Å². The number of rotatable bonds is 3. The molecule has 0 aliphatic heterocycles.